The number of Topliss-reactive ketones (excluding diaryl/α,β-unsaturated/α-hetero) is 1. The van der Waals surface area contributed by atoms with Crippen LogP contribution < -0.4 is 9.46 Å². The van der Waals surface area contributed by atoms with Crippen LogP contribution in [-0.2, 0) is 27.8 Å². The molecule has 0 aliphatic carbocycles. The summed E-state index contributed by atoms with van der Waals surface area (Å²) in [5.41, 5.74) is -4.50. The van der Waals surface area contributed by atoms with Gasteiger partial charge in [-0.25, -0.2) is 4.72 Å². The summed E-state index contributed by atoms with van der Waals surface area (Å²) in [6.07, 6.45) is 0.749. The molecule has 0 aliphatic rings. The number of benzene rings is 2. The highest BCUT2D eigenvalue weighted by atomic mass is 35.5. The van der Waals surface area contributed by atoms with Gasteiger partial charge in [0.25, 0.3) is 0 Å². The number of nitrogens with one attached hydrogen (secondary N) is 1. The number of ether oxygens (including phenoxy) is 1. The summed E-state index contributed by atoms with van der Waals surface area (Å²) in [6, 6.07) is 11.0. The fourth-order valence-corrected chi connectivity index (χ4v) is 3.66. The van der Waals surface area contributed by atoms with Crippen molar-refractivity contribution in [1.29, 1.82) is 0 Å². The van der Waals surface area contributed by atoms with Gasteiger partial charge >= 0.3 is 15.5 Å². The molecule has 0 saturated carbocycles. The molecule has 0 spiro atoms. The van der Waals surface area contributed by atoms with Gasteiger partial charge in [-0.15, -0.1) is 0 Å². The van der Waals surface area contributed by atoms with Crippen LogP contribution in [0.15, 0.2) is 48.7 Å². The number of methoxy groups -OCH3 is 1. The second-order valence-corrected chi connectivity index (χ2v) is 8.86. The van der Waals surface area contributed by atoms with Crippen LogP contribution in [0.4, 0.5) is 13.2 Å². The minimum absolute atomic E-state index is 0.132. The molecule has 3 rings (SSSR count). The topological polar surface area (TPSA) is 94.5 Å². The van der Waals surface area contributed by atoms with E-state index in [1.54, 1.807) is 42.5 Å². The van der Waals surface area contributed by atoms with Crippen molar-refractivity contribution in [3.8, 4) is 5.75 Å². The molecule has 0 unspecified atom stereocenters. The van der Waals surface area contributed by atoms with Crippen molar-refractivity contribution in [3.05, 3.63) is 64.8 Å². The Kier molecular flexibility index (Phi) is 6.51. The molecule has 0 atom stereocenters. The molecule has 1 N–H and O–H groups in total. The van der Waals surface area contributed by atoms with E-state index in [9.17, 15) is 31.2 Å². The number of hydrogen-bond donors (Lipinski definition) is 1. The molecule has 2 aromatic carbocycles. The van der Waals surface area contributed by atoms with Crippen molar-refractivity contribution in [1.82, 2.24) is 9.29 Å². The second kappa shape index (κ2) is 8.83. The lowest BCUT2D eigenvalue weighted by Gasteiger charge is -2.09. The first-order valence-electron chi connectivity index (χ1n) is 8.97. The van der Waals surface area contributed by atoms with Crippen molar-refractivity contribution in [2.24, 2.45) is 0 Å². The van der Waals surface area contributed by atoms with Crippen LogP contribution in [0.3, 0.4) is 0 Å². The molecule has 170 valence electrons. The van der Waals surface area contributed by atoms with Gasteiger partial charge in [0.2, 0.25) is 5.91 Å². The van der Waals surface area contributed by atoms with E-state index < -0.39 is 27.9 Å². The smallest absolute Gasteiger partial charge is 0.497 e. The van der Waals surface area contributed by atoms with Crippen LogP contribution in [0, 0.1) is 0 Å². The summed E-state index contributed by atoms with van der Waals surface area (Å²) in [5.74, 6) is -1.23. The number of nitrogens with zero attached hydrogens (tertiary/aromatic N) is 1. The largest absolute Gasteiger partial charge is 0.516 e. The molecule has 12 heteroatoms. The first kappa shape index (κ1) is 23.6. The fraction of sp³-hybridized carbons (Fsp3) is 0.200. The zero-order chi connectivity index (χ0) is 23.7. The Morgan fingerprint density at radius 2 is 1.78 bits per heavy atom. The lowest BCUT2D eigenvalue weighted by molar-refractivity contribution is -0.119. The monoisotopic (exact) mass is 488 g/mol. The molecule has 1 amide bonds. The number of carbonyl (C=O) groups excluding carboxylic acids is 2. The van der Waals surface area contributed by atoms with E-state index in [2.05, 4.69) is 0 Å². The fourth-order valence-electron chi connectivity index (χ4n) is 3.05. The molecule has 0 aliphatic heterocycles. The number of ketones is 1. The van der Waals surface area contributed by atoms with Gasteiger partial charge in [0.05, 0.1) is 20.1 Å². The van der Waals surface area contributed by atoms with Crippen molar-refractivity contribution in [2.75, 3.05) is 7.11 Å². The minimum Gasteiger partial charge on any atom is -0.497 e. The van der Waals surface area contributed by atoms with E-state index in [4.69, 9.17) is 16.3 Å². The van der Waals surface area contributed by atoms with Crippen LogP contribution in [0.1, 0.15) is 15.9 Å². The van der Waals surface area contributed by atoms with E-state index in [0.29, 0.717) is 27.2 Å². The van der Waals surface area contributed by atoms with Gasteiger partial charge in [-0.3, -0.25) is 9.59 Å². The summed E-state index contributed by atoms with van der Waals surface area (Å²) >= 11 is 5.83. The molecule has 1 aromatic heterocycles. The highest BCUT2D eigenvalue weighted by molar-refractivity contribution is 7.90. The van der Waals surface area contributed by atoms with Crippen LogP contribution >= 0.6 is 11.6 Å². The second-order valence-electron chi connectivity index (χ2n) is 6.75. The highest BCUT2D eigenvalue weighted by Crippen LogP contribution is 2.28. The maximum absolute atomic E-state index is 12.6. The number of halogens is 4. The molecule has 0 bridgehead atoms. The van der Waals surface area contributed by atoms with Crippen LogP contribution in [0.2, 0.25) is 5.02 Å². The van der Waals surface area contributed by atoms with Gasteiger partial charge in [0.15, 0.2) is 5.78 Å². The highest BCUT2D eigenvalue weighted by Gasteiger charge is 2.47. The molecule has 0 fully saturated rings. The van der Waals surface area contributed by atoms with Crippen molar-refractivity contribution < 1.29 is 35.9 Å². The quantitative estimate of drug-likeness (QED) is 0.512. The zero-order valence-corrected chi connectivity index (χ0v) is 18.0. The Morgan fingerprint density at radius 3 is 2.38 bits per heavy atom. The number of fused-ring (bicyclic) bond motifs is 1. The normalized spacial score (nSPS) is 12.0. The maximum Gasteiger partial charge on any atom is 0.516 e. The van der Waals surface area contributed by atoms with Gasteiger partial charge in [-0.05, 0) is 48.0 Å². The predicted molar refractivity (Wildman–Crippen MR) is 111 cm³/mol. The Morgan fingerprint density at radius 1 is 1.12 bits per heavy atom. The lowest BCUT2D eigenvalue weighted by atomic mass is 10.1. The van der Waals surface area contributed by atoms with Crippen LogP contribution in [-0.4, -0.2) is 37.3 Å². The van der Waals surface area contributed by atoms with E-state index >= 15 is 0 Å². The third kappa shape index (κ3) is 5.05. The summed E-state index contributed by atoms with van der Waals surface area (Å²) in [7, 11) is -4.42. The summed E-state index contributed by atoms with van der Waals surface area (Å²) < 4.78 is 67.7. The average molecular weight is 489 g/mol. The summed E-state index contributed by atoms with van der Waals surface area (Å²) in [6.45, 7) is -0.132. The van der Waals surface area contributed by atoms with Crippen molar-refractivity contribution in [3.63, 3.8) is 0 Å². The Hall–Kier alpha value is -3.05. The molecule has 0 radical (unpaired) electrons. The molecular weight excluding hydrogens is 473 g/mol. The Labute approximate surface area is 185 Å². The minimum atomic E-state index is -5.83. The van der Waals surface area contributed by atoms with Crippen molar-refractivity contribution in [2.45, 2.75) is 18.5 Å². The number of amides is 1. The van der Waals surface area contributed by atoms with Crippen molar-refractivity contribution >= 4 is 44.2 Å². The number of sulfonamides is 1. The number of alkyl halides is 3. The van der Waals surface area contributed by atoms with Gasteiger partial charge in [0, 0.05) is 27.7 Å². The Bertz CT molecular complexity index is 1290. The lowest BCUT2D eigenvalue weighted by Crippen LogP contribution is -2.40. The zero-order valence-electron chi connectivity index (χ0n) is 16.4. The molecule has 3 aromatic rings. The maximum atomic E-state index is 12.6. The molecule has 32 heavy (non-hydrogen) atoms. The third-order valence-electron chi connectivity index (χ3n) is 4.55. The van der Waals surface area contributed by atoms with Gasteiger partial charge in [0.1, 0.15) is 5.75 Å². The molecule has 1 heterocycles. The molecular formula is C20H16ClF3N2O5S. The summed E-state index contributed by atoms with van der Waals surface area (Å²) in [4.78, 5) is 24.7. The first-order chi connectivity index (χ1) is 14.9. The summed E-state index contributed by atoms with van der Waals surface area (Å²) in [5, 5.41) is 0.884. The SMILES string of the molecule is COc1ccc2c(c1)c(CC(=O)NS(=O)(=O)C(F)(F)F)cn2CC(=O)c1ccc(Cl)cc1. The van der Waals surface area contributed by atoms with E-state index in [-0.39, 0.29) is 17.9 Å². The number of rotatable bonds is 7. The number of aromatic nitrogens is 1. The van der Waals surface area contributed by atoms with Gasteiger partial charge < -0.3 is 9.30 Å². The van der Waals surface area contributed by atoms with E-state index in [1.165, 1.54) is 17.9 Å². The Balaban J connectivity index is 1.93. The number of hydrogen-bond acceptors (Lipinski definition) is 5. The third-order valence-corrected chi connectivity index (χ3v) is 5.91. The van der Waals surface area contributed by atoms with Crippen LogP contribution in [0.25, 0.3) is 10.9 Å². The van der Waals surface area contributed by atoms with Crippen LogP contribution in [0.5, 0.6) is 5.75 Å². The number of carbonyl (C=O) groups is 2. The average Bonchev–Trinajstić information content (AvgIpc) is 3.03. The molecule has 7 nitrogen and oxygen atoms in total. The van der Waals surface area contributed by atoms with E-state index in [0.717, 1.165) is 4.72 Å². The standard InChI is InChI=1S/C20H16ClF3N2O5S/c1-31-15-6-7-17-16(9-15)13(8-19(28)25-32(29,30)20(22,23)24)10-26(17)11-18(27)12-2-4-14(21)5-3-12/h2-7,9-10H,8,11H2,1H3,(H,25,28). The van der Waals surface area contributed by atoms with Gasteiger partial charge in [-0.1, -0.05) is 11.6 Å². The molecule has 0 saturated heterocycles. The van der Waals surface area contributed by atoms with E-state index in [1.807, 2.05) is 0 Å². The van der Waals surface area contributed by atoms with Gasteiger partial charge in [-0.2, -0.15) is 21.6 Å². The predicted octanol–water partition coefficient (Wildman–Crippen LogP) is 3.69. The first-order valence-corrected chi connectivity index (χ1v) is 10.8.